The van der Waals surface area contributed by atoms with Crippen LogP contribution in [0.15, 0.2) is 11.4 Å². The predicted octanol–water partition coefficient (Wildman–Crippen LogP) is 3.00. The third-order valence-corrected chi connectivity index (χ3v) is 6.24. The fourth-order valence-electron chi connectivity index (χ4n) is 3.65. The molecule has 2 aliphatic rings. The zero-order valence-electron chi connectivity index (χ0n) is 14.4. The molecule has 5 nitrogen and oxygen atoms in total. The lowest BCUT2D eigenvalue weighted by molar-refractivity contribution is -0.131. The van der Waals surface area contributed by atoms with Gasteiger partial charge in [-0.2, -0.15) is 0 Å². The number of rotatable bonds is 4. The van der Waals surface area contributed by atoms with Crippen LogP contribution in [0.4, 0.5) is 4.79 Å². The Hall–Kier alpha value is -1.56. The molecule has 0 spiro atoms. The van der Waals surface area contributed by atoms with Gasteiger partial charge >= 0.3 is 6.03 Å². The minimum absolute atomic E-state index is 0.0477. The van der Waals surface area contributed by atoms with Gasteiger partial charge in [0.15, 0.2) is 0 Å². The normalized spacial score (nSPS) is 18.1. The van der Waals surface area contributed by atoms with Crippen molar-refractivity contribution in [2.45, 2.75) is 57.5 Å². The van der Waals surface area contributed by atoms with Gasteiger partial charge in [-0.05, 0) is 36.3 Å². The van der Waals surface area contributed by atoms with Crippen molar-refractivity contribution < 1.29 is 9.59 Å². The summed E-state index contributed by atoms with van der Waals surface area (Å²) in [7, 11) is 1.87. The highest BCUT2D eigenvalue weighted by atomic mass is 32.1. The second-order valence-electron chi connectivity index (χ2n) is 6.82. The fourth-order valence-corrected chi connectivity index (χ4v) is 4.54. The molecular weight excluding hydrogens is 322 g/mol. The van der Waals surface area contributed by atoms with Gasteiger partial charge in [0.1, 0.15) is 0 Å². The minimum atomic E-state index is -0.0477. The van der Waals surface area contributed by atoms with Gasteiger partial charge in [-0.3, -0.25) is 4.79 Å². The average molecular weight is 350 g/mol. The van der Waals surface area contributed by atoms with Crippen LogP contribution in [0, 0.1) is 0 Å². The van der Waals surface area contributed by atoms with Crippen molar-refractivity contribution in [3.05, 3.63) is 21.9 Å². The molecule has 3 amide bonds. The second kappa shape index (κ2) is 8.01. The molecule has 0 bridgehead atoms. The van der Waals surface area contributed by atoms with Crippen molar-refractivity contribution >= 4 is 23.3 Å². The Morgan fingerprint density at radius 2 is 2.12 bits per heavy atom. The first kappa shape index (κ1) is 17.3. The third-order valence-electron chi connectivity index (χ3n) is 5.22. The third kappa shape index (κ3) is 4.09. The van der Waals surface area contributed by atoms with Gasteiger partial charge in [0.2, 0.25) is 5.91 Å². The summed E-state index contributed by atoms with van der Waals surface area (Å²) in [5.74, 6) is 0.132. The molecule has 0 aromatic carbocycles. The Morgan fingerprint density at radius 3 is 2.92 bits per heavy atom. The maximum Gasteiger partial charge on any atom is 0.317 e. The SMILES string of the molecule is CN(C(=O)NCCC(=O)N1CCc2sccc2C1)C1CCCCC1. The number of thiophene rings is 1. The highest BCUT2D eigenvalue weighted by molar-refractivity contribution is 7.10. The van der Waals surface area contributed by atoms with E-state index in [4.69, 9.17) is 0 Å². The van der Waals surface area contributed by atoms with Crippen LogP contribution in [-0.2, 0) is 17.8 Å². The number of hydrogen-bond donors (Lipinski definition) is 1. The zero-order chi connectivity index (χ0) is 16.9. The van der Waals surface area contributed by atoms with E-state index in [1.165, 1.54) is 29.7 Å². The van der Waals surface area contributed by atoms with E-state index in [0.717, 1.165) is 25.8 Å². The van der Waals surface area contributed by atoms with E-state index in [0.29, 0.717) is 25.6 Å². The molecule has 1 aromatic heterocycles. The standard InChI is InChI=1S/C18H27N3O2S/c1-20(15-5-3-2-4-6-15)18(23)19-10-7-17(22)21-11-8-16-14(13-21)9-12-24-16/h9,12,15H,2-8,10-11,13H2,1H3,(H,19,23). The van der Waals surface area contributed by atoms with Crippen LogP contribution >= 0.6 is 11.3 Å². The van der Waals surface area contributed by atoms with Gasteiger partial charge < -0.3 is 15.1 Å². The van der Waals surface area contributed by atoms with Crippen LogP contribution in [0.3, 0.4) is 0 Å². The average Bonchev–Trinajstić information content (AvgIpc) is 3.09. The molecule has 0 atom stereocenters. The summed E-state index contributed by atoms with van der Waals surface area (Å²) in [6, 6.07) is 2.42. The van der Waals surface area contributed by atoms with E-state index in [2.05, 4.69) is 16.8 Å². The molecule has 2 heterocycles. The number of fused-ring (bicyclic) bond motifs is 1. The molecule has 6 heteroatoms. The summed E-state index contributed by atoms with van der Waals surface area (Å²) in [6.07, 6.45) is 7.22. The second-order valence-corrected chi connectivity index (χ2v) is 7.82. The van der Waals surface area contributed by atoms with Crippen molar-refractivity contribution in [1.82, 2.24) is 15.1 Å². The van der Waals surface area contributed by atoms with E-state index < -0.39 is 0 Å². The lowest BCUT2D eigenvalue weighted by Gasteiger charge is -2.31. The molecule has 132 valence electrons. The first-order valence-electron chi connectivity index (χ1n) is 8.99. The van der Waals surface area contributed by atoms with Crippen LogP contribution in [-0.4, -0.2) is 47.9 Å². The zero-order valence-corrected chi connectivity index (χ0v) is 15.2. The van der Waals surface area contributed by atoms with Crippen molar-refractivity contribution in [2.24, 2.45) is 0 Å². The highest BCUT2D eigenvalue weighted by Crippen LogP contribution is 2.24. The smallest absolute Gasteiger partial charge is 0.317 e. The molecule has 3 rings (SSSR count). The maximum absolute atomic E-state index is 12.3. The van der Waals surface area contributed by atoms with Crippen molar-refractivity contribution in [3.63, 3.8) is 0 Å². The summed E-state index contributed by atoms with van der Waals surface area (Å²) >= 11 is 1.78. The highest BCUT2D eigenvalue weighted by Gasteiger charge is 2.23. The molecule has 1 saturated carbocycles. The maximum atomic E-state index is 12.3. The Morgan fingerprint density at radius 1 is 1.33 bits per heavy atom. The van der Waals surface area contributed by atoms with Crippen LogP contribution in [0.25, 0.3) is 0 Å². The first-order valence-corrected chi connectivity index (χ1v) is 9.87. The molecule has 1 aliphatic carbocycles. The number of carbonyl (C=O) groups excluding carboxylic acids is 2. The molecule has 24 heavy (non-hydrogen) atoms. The number of urea groups is 1. The van der Waals surface area contributed by atoms with Crippen LogP contribution < -0.4 is 5.32 Å². The van der Waals surface area contributed by atoms with Gasteiger partial charge in [0, 0.05) is 44.0 Å². The summed E-state index contributed by atoms with van der Waals surface area (Å²) in [6.45, 7) is 1.93. The van der Waals surface area contributed by atoms with Crippen LogP contribution in [0.1, 0.15) is 49.0 Å². The van der Waals surface area contributed by atoms with Crippen LogP contribution in [0.2, 0.25) is 0 Å². The fraction of sp³-hybridized carbons (Fsp3) is 0.667. The molecular formula is C18H27N3O2S. The van der Waals surface area contributed by atoms with Gasteiger partial charge in [-0.15, -0.1) is 11.3 Å². The molecule has 1 N–H and O–H groups in total. The molecule has 0 radical (unpaired) electrons. The van der Waals surface area contributed by atoms with Gasteiger partial charge in [0.25, 0.3) is 0 Å². The quantitative estimate of drug-likeness (QED) is 0.908. The van der Waals surface area contributed by atoms with E-state index in [1.807, 2.05) is 16.8 Å². The van der Waals surface area contributed by atoms with Crippen molar-refractivity contribution in [2.75, 3.05) is 20.1 Å². The number of nitrogens with zero attached hydrogens (tertiary/aromatic N) is 2. The van der Waals surface area contributed by atoms with Crippen molar-refractivity contribution in [1.29, 1.82) is 0 Å². The van der Waals surface area contributed by atoms with E-state index in [1.54, 1.807) is 11.3 Å². The summed E-state index contributed by atoms with van der Waals surface area (Å²) in [5.41, 5.74) is 1.28. The van der Waals surface area contributed by atoms with Gasteiger partial charge in [-0.25, -0.2) is 4.79 Å². The molecule has 1 fully saturated rings. The molecule has 1 aliphatic heterocycles. The Kier molecular flexibility index (Phi) is 5.76. The molecule has 1 aromatic rings. The van der Waals surface area contributed by atoms with Crippen molar-refractivity contribution in [3.8, 4) is 0 Å². The number of hydrogen-bond acceptors (Lipinski definition) is 3. The van der Waals surface area contributed by atoms with E-state index >= 15 is 0 Å². The Bertz CT molecular complexity index is 581. The lowest BCUT2D eigenvalue weighted by atomic mass is 9.95. The van der Waals surface area contributed by atoms with E-state index in [9.17, 15) is 9.59 Å². The predicted molar refractivity (Wildman–Crippen MR) is 96.1 cm³/mol. The van der Waals surface area contributed by atoms with Crippen LogP contribution in [0.5, 0.6) is 0 Å². The Balaban J connectivity index is 1.39. The summed E-state index contributed by atoms with van der Waals surface area (Å²) in [5, 5.41) is 5.00. The van der Waals surface area contributed by atoms with Gasteiger partial charge in [-0.1, -0.05) is 19.3 Å². The molecule has 0 saturated heterocycles. The van der Waals surface area contributed by atoms with Gasteiger partial charge in [0.05, 0.1) is 0 Å². The first-order chi connectivity index (χ1) is 11.6. The topological polar surface area (TPSA) is 52.7 Å². The lowest BCUT2D eigenvalue weighted by Crippen LogP contribution is -2.45. The number of carbonyl (C=O) groups is 2. The number of amides is 3. The van der Waals surface area contributed by atoms with E-state index in [-0.39, 0.29) is 11.9 Å². The minimum Gasteiger partial charge on any atom is -0.338 e. The monoisotopic (exact) mass is 349 g/mol. The summed E-state index contributed by atoms with van der Waals surface area (Å²) in [4.78, 5) is 29.7. The Labute approximate surface area is 148 Å². The summed E-state index contributed by atoms with van der Waals surface area (Å²) < 4.78 is 0. The largest absolute Gasteiger partial charge is 0.338 e. The number of nitrogens with one attached hydrogen (secondary N) is 1. The molecule has 0 unspecified atom stereocenters.